The molecule has 0 bridgehead atoms. The Morgan fingerprint density at radius 2 is 2.12 bits per heavy atom. The number of nitrogens with one attached hydrogen (secondary N) is 1. The van der Waals surface area contributed by atoms with Gasteiger partial charge >= 0.3 is 5.97 Å². The zero-order valence-electron chi connectivity index (χ0n) is 12.7. The molecule has 1 N–H and O–H groups in total. The van der Waals surface area contributed by atoms with Gasteiger partial charge in [0.05, 0.1) is 6.61 Å². The SMILES string of the molecule is CCOC(=O)c1n[nH]nc1-c1cccc(Oc2ccc(Br)cn2)c1. The molecular formula is C16H13BrN4O3. The molecule has 0 spiro atoms. The summed E-state index contributed by atoms with van der Waals surface area (Å²) in [5, 5.41) is 10.4. The van der Waals surface area contributed by atoms with Crippen molar-refractivity contribution in [2.24, 2.45) is 0 Å². The van der Waals surface area contributed by atoms with Crippen molar-refractivity contribution < 1.29 is 14.3 Å². The molecule has 0 unspecified atom stereocenters. The largest absolute Gasteiger partial charge is 0.461 e. The minimum atomic E-state index is -0.526. The highest BCUT2D eigenvalue weighted by atomic mass is 79.9. The van der Waals surface area contributed by atoms with E-state index in [1.807, 2.05) is 12.1 Å². The molecule has 24 heavy (non-hydrogen) atoms. The van der Waals surface area contributed by atoms with Gasteiger partial charge in [0.1, 0.15) is 11.4 Å². The predicted octanol–water partition coefficient (Wildman–Crippen LogP) is 3.60. The van der Waals surface area contributed by atoms with Crippen molar-refractivity contribution in [1.29, 1.82) is 0 Å². The Labute approximate surface area is 146 Å². The average Bonchev–Trinajstić information content (AvgIpc) is 3.07. The summed E-state index contributed by atoms with van der Waals surface area (Å²) in [5.74, 6) is 0.503. The first-order valence-corrected chi connectivity index (χ1v) is 7.94. The molecular weight excluding hydrogens is 376 g/mol. The van der Waals surface area contributed by atoms with Gasteiger partial charge in [0.25, 0.3) is 0 Å². The molecule has 3 rings (SSSR count). The number of benzene rings is 1. The minimum absolute atomic E-state index is 0.135. The van der Waals surface area contributed by atoms with Crippen LogP contribution in [0.5, 0.6) is 11.6 Å². The molecule has 122 valence electrons. The third-order valence-corrected chi connectivity index (χ3v) is 3.52. The van der Waals surface area contributed by atoms with Gasteiger partial charge in [-0.2, -0.15) is 10.3 Å². The summed E-state index contributed by atoms with van der Waals surface area (Å²) in [4.78, 5) is 16.1. The molecule has 0 amide bonds. The number of H-pyrrole nitrogens is 1. The molecule has 7 nitrogen and oxygen atoms in total. The van der Waals surface area contributed by atoms with E-state index in [2.05, 4.69) is 36.3 Å². The summed E-state index contributed by atoms with van der Waals surface area (Å²) in [7, 11) is 0. The van der Waals surface area contributed by atoms with Crippen LogP contribution in [0.25, 0.3) is 11.3 Å². The smallest absolute Gasteiger partial charge is 0.361 e. The molecule has 0 radical (unpaired) electrons. The van der Waals surface area contributed by atoms with E-state index >= 15 is 0 Å². The van der Waals surface area contributed by atoms with E-state index in [9.17, 15) is 4.79 Å². The first-order valence-electron chi connectivity index (χ1n) is 7.15. The van der Waals surface area contributed by atoms with Gasteiger partial charge in [-0.1, -0.05) is 12.1 Å². The number of ether oxygens (including phenoxy) is 2. The molecule has 3 aromatic rings. The molecule has 0 atom stereocenters. The van der Waals surface area contributed by atoms with Crippen LogP contribution < -0.4 is 4.74 Å². The normalized spacial score (nSPS) is 10.4. The Kier molecular flexibility index (Phi) is 4.85. The highest BCUT2D eigenvalue weighted by Gasteiger charge is 2.19. The highest BCUT2D eigenvalue weighted by Crippen LogP contribution is 2.27. The first kappa shape index (κ1) is 16.1. The van der Waals surface area contributed by atoms with E-state index in [0.29, 0.717) is 22.9 Å². The molecule has 0 fully saturated rings. The number of carbonyl (C=O) groups excluding carboxylic acids is 1. The van der Waals surface area contributed by atoms with Crippen LogP contribution in [0.2, 0.25) is 0 Å². The summed E-state index contributed by atoms with van der Waals surface area (Å²) in [5.41, 5.74) is 1.22. The van der Waals surface area contributed by atoms with Gasteiger partial charge in [0, 0.05) is 22.3 Å². The number of hydrogen-bond acceptors (Lipinski definition) is 6. The van der Waals surface area contributed by atoms with Crippen LogP contribution >= 0.6 is 15.9 Å². The highest BCUT2D eigenvalue weighted by molar-refractivity contribution is 9.10. The Hall–Kier alpha value is -2.74. The second-order valence-electron chi connectivity index (χ2n) is 4.69. The summed E-state index contributed by atoms with van der Waals surface area (Å²) in [6.07, 6.45) is 1.65. The van der Waals surface area contributed by atoms with Crippen molar-refractivity contribution in [1.82, 2.24) is 20.4 Å². The number of aromatic amines is 1. The molecule has 2 heterocycles. The topological polar surface area (TPSA) is 90.0 Å². The summed E-state index contributed by atoms with van der Waals surface area (Å²) >= 11 is 3.32. The molecule has 0 saturated carbocycles. The Bertz CT molecular complexity index is 849. The van der Waals surface area contributed by atoms with Gasteiger partial charge < -0.3 is 9.47 Å². The van der Waals surface area contributed by atoms with Crippen LogP contribution in [-0.2, 0) is 4.74 Å². The number of halogens is 1. The van der Waals surface area contributed by atoms with Crippen molar-refractivity contribution in [3.63, 3.8) is 0 Å². The number of carbonyl (C=O) groups is 1. The molecule has 0 aliphatic heterocycles. The van der Waals surface area contributed by atoms with Crippen LogP contribution in [0.3, 0.4) is 0 Å². The maximum Gasteiger partial charge on any atom is 0.361 e. The fourth-order valence-electron chi connectivity index (χ4n) is 2.02. The Morgan fingerprint density at radius 1 is 1.25 bits per heavy atom. The number of pyridine rings is 1. The van der Waals surface area contributed by atoms with E-state index in [-0.39, 0.29) is 12.3 Å². The molecule has 2 aromatic heterocycles. The van der Waals surface area contributed by atoms with E-state index in [4.69, 9.17) is 9.47 Å². The van der Waals surface area contributed by atoms with Crippen LogP contribution in [0.4, 0.5) is 0 Å². The number of hydrogen-bond donors (Lipinski definition) is 1. The number of aromatic nitrogens is 4. The molecule has 0 aliphatic carbocycles. The van der Waals surface area contributed by atoms with Gasteiger partial charge in [0.15, 0.2) is 5.69 Å². The van der Waals surface area contributed by atoms with Gasteiger partial charge in [0.2, 0.25) is 5.88 Å². The van der Waals surface area contributed by atoms with Crippen molar-refractivity contribution in [3.8, 4) is 22.9 Å². The second kappa shape index (κ2) is 7.22. The third kappa shape index (κ3) is 3.60. The average molecular weight is 389 g/mol. The number of esters is 1. The number of nitrogens with zero attached hydrogens (tertiary/aromatic N) is 3. The van der Waals surface area contributed by atoms with Crippen LogP contribution in [-0.4, -0.2) is 33.0 Å². The minimum Gasteiger partial charge on any atom is -0.461 e. The maximum absolute atomic E-state index is 11.9. The van der Waals surface area contributed by atoms with Gasteiger partial charge in [-0.05, 0) is 41.1 Å². The van der Waals surface area contributed by atoms with Crippen molar-refractivity contribution in [3.05, 3.63) is 52.8 Å². The zero-order valence-corrected chi connectivity index (χ0v) is 14.3. The Morgan fingerprint density at radius 3 is 2.88 bits per heavy atom. The Balaban J connectivity index is 1.87. The van der Waals surface area contributed by atoms with E-state index in [1.54, 1.807) is 37.4 Å². The summed E-state index contributed by atoms with van der Waals surface area (Å²) in [6, 6.07) is 10.7. The fourth-order valence-corrected chi connectivity index (χ4v) is 2.26. The zero-order chi connectivity index (χ0) is 16.9. The lowest BCUT2D eigenvalue weighted by Gasteiger charge is -2.06. The second-order valence-corrected chi connectivity index (χ2v) is 5.60. The van der Waals surface area contributed by atoms with E-state index in [1.165, 1.54) is 0 Å². The van der Waals surface area contributed by atoms with Crippen molar-refractivity contribution in [2.75, 3.05) is 6.61 Å². The molecule has 0 aliphatic rings. The van der Waals surface area contributed by atoms with Crippen molar-refractivity contribution >= 4 is 21.9 Å². The molecule has 8 heteroatoms. The predicted molar refractivity (Wildman–Crippen MR) is 89.8 cm³/mol. The van der Waals surface area contributed by atoms with Crippen molar-refractivity contribution in [2.45, 2.75) is 6.92 Å². The molecule has 0 saturated heterocycles. The standard InChI is InChI=1S/C16H13BrN4O3/c1-2-23-16(22)15-14(19-21-20-15)10-4-3-5-12(8-10)24-13-7-6-11(17)9-18-13/h3-9H,2H2,1H3,(H,19,20,21). The maximum atomic E-state index is 11.9. The lowest BCUT2D eigenvalue weighted by Crippen LogP contribution is -2.06. The lowest BCUT2D eigenvalue weighted by atomic mass is 10.1. The van der Waals surface area contributed by atoms with Gasteiger partial charge in [-0.15, -0.1) is 5.10 Å². The van der Waals surface area contributed by atoms with E-state index < -0.39 is 5.97 Å². The third-order valence-electron chi connectivity index (χ3n) is 3.05. The van der Waals surface area contributed by atoms with Crippen LogP contribution in [0, 0.1) is 0 Å². The first-order chi connectivity index (χ1) is 11.7. The monoisotopic (exact) mass is 388 g/mol. The number of rotatable bonds is 5. The quantitative estimate of drug-likeness (QED) is 0.671. The van der Waals surface area contributed by atoms with Gasteiger partial charge in [-0.3, -0.25) is 0 Å². The molecule has 1 aromatic carbocycles. The van der Waals surface area contributed by atoms with Crippen LogP contribution in [0.15, 0.2) is 47.1 Å². The lowest BCUT2D eigenvalue weighted by molar-refractivity contribution is 0.0520. The fraction of sp³-hybridized carbons (Fsp3) is 0.125. The van der Waals surface area contributed by atoms with E-state index in [0.717, 1.165) is 4.47 Å². The van der Waals surface area contributed by atoms with Crippen LogP contribution in [0.1, 0.15) is 17.4 Å². The summed E-state index contributed by atoms with van der Waals surface area (Å²) in [6.45, 7) is 2.00. The van der Waals surface area contributed by atoms with Gasteiger partial charge in [-0.25, -0.2) is 9.78 Å². The summed E-state index contributed by atoms with van der Waals surface area (Å²) < 4.78 is 11.6.